The molecule has 0 amide bonds. The van der Waals surface area contributed by atoms with Crippen molar-refractivity contribution < 1.29 is 17.9 Å². The smallest absolute Gasteiger partial charge is 0.166 e. The average Bonchev–Trinajstić information content (AvgIpc) is 2.87. The molecule has 0 heterocycles. The molecule has 188 valence electrons. The van der Waals surface area contributed by atoms with Crippen LogP contribution in [-0.4, -0.2) is 6.61 Å². The zero-order chi connectivity index (χ0) is 24.8. The van der Waals surface area contributed by atoms with Crippen LogP contribution < -0.4 is 4.74 Å². The molecule has 1 nitrogen and oxygen atoms in total. The van der Waals surface area contributed by atoms with Crippen molar-refractivity contribution in [3.05, 3.63) is 82.7 Å². The number of rotatable bonds is 8. The zero-order valence-corrected chi connectivity index (χ0v) is 21.0. The van der Waals surface area contributed by atoms with Gasteiger partial charge in [0.25, 0.3) is 0 Å². The second-order valence-electron chi connectivity index (χ2n) is 10.1. The normalized spacial score (nSPS) is 22.9. The number of benzene rings is 2. The quantitative estimate of drug-likeness (QED) is 0.341. The van der Waals surface area contributed by atoms with Crippen molar-refractivity contribution in [1.82, 2.24) is 0 Å². The predicted molar refractivity (Wildman–Crippen MR) is 137 cm³/mol. The van der Waals surface area contributed by atoms with E-state index in [0.29, 0.717) is 41.7 Å². The molecule has 35 heavy (non-hydrogen) atoms. The first-order valence-corrected chi connectivity index (χ1v) is 13.2. The van der Waals surface area contributed by atoms with Crippen molar-refractivity contribution in [3.63, 3.8) is 0 Å². The Balaban J connectivity index is 1.32. The maximum atomic E-state index is 14.9. The second kappa shape index (κ2) is 12.0. The van der Waals surface area contributed by atoms with Crippen LogP contribution >= 0.6 is 0 Å². The Labute approximate surface area is 208 Å². The Morgan fingerprint density at radius 1 is 0.971 bits per heavy atom. The SMILES string of the molecule is C/C=C/C1CC=C(c2ccc(CCC3CCC(c4ccc(OCC)cc4F)CC3)c(F)c2F)CC1. The summed E-state index contributed by atoms with van der Waals surface area (Å²) in [4.78, 5) is 0. The highest BCUT2D eigenvalue weighted by Crippen LogP contribution is 2.39. The van der Waals surface area contributed by atoms with E-state index in [2.05, 4.69) is 18.2 Å². The molecule has 0 spiro atoms. The van der Waals surface area contributed by atoms with Gasteiger partial charge in [0, 0.05) is 11.6 Å². The van der Waals surface area contributed by atoms with Crippen LogP contribution in [0.15, 0.2) is 48.6 Å². The molecule has 2 aromatic carbocycles. The van der Waals surface area contributed by atoms with Gasteiger partial charge in [-0.2, -0.15) is 0 Å². The topological polar surface area (TPSA) is 9.23 Å². The maximum absolute atomic E-state index is 14.9. The summed E-state index contributed by atoms with van der Waals surface area (Å²) >= 11 is 0. The Kier molecular flexibility index (Phi) is 8.75. The molecular formula is C31H37F3O. The standard InChI is InChI=1S/C31H37F3O/c1-3-5-21-6-13-24(14-7-21)28-18-16-25(30(33)31(28)34)15-10-22-8-11-23(12-9-22)27-19-17-26(35-4-2)20-29(27)32/h3,5,13,16-23H,4,6-12,14-15H2,1-2H3/b5-3+. The lowest BCUT2D eigenvalue weighted by Gasteiger charge is -2.29. The van der Waals surface area contributed by atoms with Crippen LogP contribution in [0.2, 0.25) is 0 Å². The van der Waals surface area contributed by atoms with Gasteiger partial charge in [0.15, 0.2) is 11.6 Å². The number of aryl methyl sites for hydroxylation is 1. The zero-order valence-electron chi connectivity index (χ0n) is 21.0. The molecule has 2 aromatic rings. The number of halogens is 3. The summed E-state index contributed by atoms with van der Waals surface area (Å²) in [7, 11) is 0. The first kappa shape index (κ1) is 25.6. The lowest BCUT2D eigenvalue weighted by molar-refractivity contribution is 0.304. The van der Waals surface area contributed by atoms with Crippen molar-refractivity contribution in [1.29, 1.82) is 0 Å². The van der Waals surface area contributed by atoms with E-state index in [-0.39, 0.29) is 11.7 Å². The molecular weight excluding hydrogens is 445 g/mol. The minimum absolute atomic E-state index is 0.192. The Morgan fingerprint density at radius 3 is 2.43 bits per heavy atom. The molecule has 0 radical (unpaired) electrons. The van der Waals surface area contributed by atoms with Crippen LogP contribution in [0, 0.1) is 29.3 Å². The number of ether oxygens (including phenoxy) is 1. The molecule has 0 bridgehead atoms. The van der Waals surface area contributed by atoms with Crippen LogP contribution in [0.25, 0.3) is 5.57 Å². The maximum Gasteiger partial charge on any atom is 0.166 e. The van der Waals surface area contributed by atoms with E-state index in [0.717, 1.165) is 62.5 Å². The van der Waals surface area contributed by atoms with Gasteiger partial charge in [0.1, 0.15) is 11.6 Å². The van der Waals surface area contributed by atoms with Crippen LogP contribution in [-0.2, 0) is 6.42 Å². The van der Waals surface area contributed by atoms with Crippen LogP contribution in [0.5, 0.6) is 5.75 Å². The third-order valence-corrected chi connectivity index (χ3v) is 7.82. The molecule has 1 saturated carbocycles. The summed E-state index contributed by atoms with van der Waals surface area (Å²) in [6.07, 6.45) is 14.1. The van der Waals surface area contributed by atoms with Gasteiger partial charge < -0.3 is 4.74 Å². The fourth-order valence-electron chi connectivity index (χ4n) is 5.79. The number of hydrogen-bond donors (Lipinski definition) is 0. The second-order valence-corrected chi connectivity index (χ2v) is 10.1. The summed E-state index contributed by atoms with van der Waals surface area (Å²) in [5.74, 6) is 0.159. The van der Waals surface area contributed by atoms with Gasteiger partial charge in [-0.3, -0.25) is 0 Å². The summed E-state index contributed by atoms with van der Waals surface area (Å²) in [6.45, 7) is 4.42. The van der Waals surface area contributed by atoms with E-state index in [4.69, 9.17) is 4.74 Å². The Bertz CT molecular complexity index is 1060. The van der Waals surface area contributed by atoms with Crippen molar-refractivity contribution in [3.8, 4) is 5.75 Å². The monoisotopic (exact) mass is 482 g/mol. The first-order chi connectivity index (χ1) is 17.0. The summed E-state index contributed by atoms with van der Waals surface area (Å²) < 4.78 is 49.8. The van der Waals surface area contributed by atoms with Gasteiger partial charge in [-0.25, -0.2) is 13.2 Å². The summed E-state index contributed by atoms with van der Waals surface area (Å²) in [5.41, 5.74) is 2.58. The fraction of sp³-hybridized carbons (Fsp3) is 0.484. The molecule has 0 N–H and O–H groups in total. The minimum atomic E-state index is -0.701. The molecule has 1 atom stereocenters. The van der Waals surface area contributed by atoms with E-state index in [1.54, 1.807) is 12.1 Å². The fourth-order valence-corrected chi connectivity index (χ4v) is 5.79. The van der Waals surface area contributed by atoms with E-state index >= 15 is 0 Å². The lowest BCUT2D eigenvalue weighted by atomic mass is 9.76. The van der Waals surface area contributed by atoms with Gasteiger partial charge in [0.2, 0.25) is 0 Å². The highest BCUT2D eigenvalue weighted by molar-refractivity contribution is 5.67. The van der Waals surface area contributed by atoms with Gasteiger partial charge in [-0.05, 0) is 112 Å². The predicted octanol–water partition coefficient (Wildman–Crippen LogP) is 9.17. The summed E-state index contributed by atoms with van der Waals surface area (Å²) in [6, 6.07) is 8.72. The van der Waals surface area contributed by atoms with E-state index in [9.17, 15) is 13.2 Å². The van der Waals surface area contributed by atoms with Crippen LogP contribution in [0.3, 0.4) is 0 Å². The molecule has 0 aliphatic heterocycles. The van der Waals surface area contributed by atoms with E-state index < -0.39 is 11.6 Å². The highest BCUT2D eigenvalue weighted by atomic mass is 19.2. The van der Waals surface area contributed by atoms with Crippen molar-refractivity contribution in [2.75, 3.05) is 6.61 Å². The molecule has 0 aromatic heterocycles. The van der Waals surface area contributed by atoms with E-state index in [1.807, 2.05) is 26.0 Å². The third-order valence-electron chi connectivity index (χ3n) is 7.82. The van der Waals surface area contributed by atoms with Gasteiger partial charge in [-0.1, -0.05) is 36.4 Å². The molecule has 4 rings (SSSR count). The molecule has 4 heteroatoms. The minimum Gasteiger partial charge on any atom is -0.494 e. The Hall–Kier alpha value is -2.49. The Morgan fingerprint density at radius 2 is 1.77 bits per heavy atom. The van der Waals surface area contributed by atoms with E-state index in [1.165, 1.54) is 6.07 Å². The van der Waals surface area contributed by atoms with Crippen molar-refractivity contribution >= 4 is 5.57 Å². The van der Waals surface area contributed by atoms with Crippen molar-refractivity contribution in [2.24, 2.45) is 11.8 Å². The number of hydrogen-bond acceptors (Lipinski definition) is 1. The first-order valence-electron chi connectivity index (χ1n) is 13.2. The number of allylic oxidation sites excluding steroid dienone is 4. The molecule has 2 aliphatic rings. The average molecular weight is 483 g/mol. The van der Waals surface area contributed by atoms with Crippen LogP contribution in [0.1, 0.15) is 87.8 Å². The lowest BCUT2D eigenvalue weighted by Crippen LogP contribution is -2.15. The van der Waals surface area contributed by atoms with Crippen LogP contribution in [0.4, 0.5) is 13.2 Å². The van der Waals surface area contributed by atoms with Gasteiger partial charge >= 0.3 is 0 Å². The molecule has 1 unspecified atom stereocenters. The summed E-state index contributed by atoms with van der Waals surface area (Å²) in [5, 5.41) is 0. The molecule has 2 aliphatic carbocycles. The molecule has 0 saturated heterocycles. The third kappa shape index (κ3) is 6.20. The largest absolute Gasteiger partial charge is 0.494 e. The molecule has 1 fully saturated rings. The highest BCUT2D eigenvalue weighted by Gasteiger charge is 2.25. The van der Waals surface area contributed by atoms with Gasteiger partial charge in [0.05, 0.1) is 6.61 Å². The van der Waals surface area contributed by atoms with Gasteiger partial charge in [-0.15, -0.1) is 0 Å². The van der Waals surface area contributed by atoms with Crippen molar-refractivity contribution in [2.45, 2.75) is 77.6 Å².